The summed E-state index contributed by atoms with van der Waals surface area (Å²) in [5, 5.41) is 9.23. The molecule has 2 fully saturated rings. The van der Waals surface area contributed by atoms with Gasteiger partial charge in [-0.3, -0.25) is 14.6 Å². The van der Waals surface area contributed by atoms with Crippen LogP contribution in [-0.4, -0.2) is 59.1 Å². The van der Waals surface area contributed by atoms with Crippen molar-refractivity contribution in [2.45, 2.75) is 38.8 Å². The summed E-state index contributed by atoms with van der Waals surface area (Å²) >= 11 is 0. The second-order valence-electron chi connectivity index (χ2n) is 5.33. The fraction of sp³-hybridized carbons (Fsp3) is 0.917. The van der Waals surface area contributed by atoms with Gasteiger partial charge in [0.25, 0.3) is 0 Å². The summed E-state index contributed by atoms with van der Waals surface area (Å²) in [6.07, 6.45) is 2.68. The van der Waals surface area contributed by atoms with E-state index in [9.17, 15) is 9.90 Å². The first-order chi connectivity index (χ1) is 7.59. The van der Waals surface area contributed by atoms with Crippen molar-refractivity contribution in [2.75, 3.05) is 26.2 Å². The summed E-state index contributed by atoms with van der Waals surface area (Å²) in [6.45, 7) is 7.89. The van der Waals surface area contributed by atoms with Gasteiger partial charge in [-0.2, -0.15) is 0 Å². The first-order valence-electron chi connectivity index (χ1n) is 6.30. The van der Waals surface area contributed by atoms with Crippen LogP contribution in [0.5, 0.6) is 0 Å². The molecule has 1 aliphatic carbocycles. The second kappa shape index (κ2) is 4.72. The molecule has 1 atom stereocenters. The minimum absolute atomic E-state index is 0.185. The first kappa shape index (κ1) is 11.9. The highest BCUT2D eigenvalue weighted by atomic mass is 16.4. The minimum Gasteiger partial charge on any atom is -0.480 e. The number of carboxylic acid groups (broad SMARTS) is 1. The fourth-order valence-electron chi connectivity index (χ4n) is 2.68. The maximum Gasteiger partial charge on any atom is 0.321 e. The van der Waals surface area contributed by atoms with Gasteiger partial charge in [-0.15, -0.1) is 0 Å². The third kappa shape index (κ3) is 2.55. The predicted molar refractivity (Wildman–Crippen MR) is 62.4 cm³/mol. The molecule has 0 aromatic heterocycles. The molecule has 0 radical (unpaired) electrons. The Hall–Kier alpha value is -0.610. The molecule has 1 saturated carbocycles. The Balaban J connectivity index is 1.88. The highest BCUT2D eigenvalue weighted by Crippen LogP contribution is 2.28. The zero-order chi connectivity index (χ0) is 11.7. The number of rotatable bonds is 4. The molecule has 0 aromatic rings. The van der Waals surface area contributed by atoms with Crippen LogP contribution >= 0.6 is 0 Å². The molecule has 2 rings (SSSR count). The van der Waals surface area contributed by atoms with Crippen molar-refractivity contribution in [3.63, 3.8) is 0 Å². The van der Waals surface area contributed by atoms with Crippen LogP contribution in [-0.2, 0) is 4.79 Å². The highest BCUT2D eigenvalue weighted by Gasteiger charge is 2.35. The predicted octanol–water partition coefficient (Wildman–Crippen LogP) is 0.876. The SMILES string of the molecule is CC(C)C(C(=O)O)N1CCN(C2CC2)CC1. The maximum absolute atomic E-state index is 11.2. The summed E-state index contributed by atoms with van der Waals surface area (Å²) in [7, 11) is 0. The van der Waals surface area contributed by atoms with Crippen molar-refractivity contribution in [2.24, 2.45) is 5.92 Å². The number of carbonyl (C=O) groups is 1. The van der Waals surface area contributed by atoms with Crippen molar-refractivity contribution in [3.05, 3.63) is 0 Å². The summed E-state index contributed by atoms with van der Waals surface area (Å²) in [5.74, 6) is -0.486. The molecule has 1 unspecified atom stereocenters. The third-order valence-corrected chi connectivity index (χ3v) is 3.69. The van der Waals surface area contributed by atoms with Crippen molar-refractivity contribution in [1.29, 1.82) is 0 Å². The molecule has 1 saturated heterocycles. The number of piperazine rings is 1. The van der Waals surface area contributed by atoms with Crippen LogP contribution in [0.1, 0.15) is 26.7 Å². The lowest BCUT2D eigenvalue weighted by molar-refractivity contribution is -0.146. The van der Waals surface area contributed by atoms with Crippen LogP contribution in [0.2, 0.25) is 0 Å². The van der Waals surface area contributed by atoms with Gasteiger partial charge in [-0.1, -0.05) is 13.8 Å². The molecule has 1 aliphatic heterocycles. The molecular formula is C12H22N2O2. The first-order valence-corrected chi connectivity index (χ1v) is 6.30. The summed E-state index contributed by atoms with van der Waals surface area (Å²) < 4.78 is 0. The van der Waals surface area contributed by atoms with Gasteiger partial charge in [-0.05, 0) is 18.8 Å². The molecule has 0 spiro atoms. The Morgan fingerprint density at radius 3 is 2.12 bits per heavy atom. The third-order valence-electron chi connectivity index (χ3n) is 3.69. The van der Waals surface area contributed by atoms with Gasteiger partial charge in [0.2, 0.25) is 0 Å². The van der Waals surface area contributed by atoms with E-state index in [-0.39, 0.29) is 12.0 Å². The summed E-state index contributed by atoms with van der Waals surface area (Å²) in [5.41, 5.74) is 0. The molecule has 4 heteroatoms. The van der Waals surface area contributed by atoms with Crippen molar-refractivity contribution in [3.8, 4) is 0 Å². The Kier molecular flexibility index (Phi) is 3.50. The van der Waals surface area contributed by atoms with E-state index in [0.717, 1.165) is 32.2 Å². The Labute approximate surface area is 97.2 Å². The number of carboxylic acids is 1. The minimum atomic E-state index is -0.671. The second-order valence-corrected chi connectivity index (χ2v) is 5.33. The van der Waals surface area contributed by atoms with Crippen molar-refractivity contribution >= 4 is 5.97 Å². The topological polar surface area (TPSA) is 43.8 Å². The number of aliphatic carboxylic acids is 1. The molecule has 92 valence electrons. The number of hydrogen-bond donors (Lipinski definition) is 1. The van der Waals surface area contributed by atoms with Crippen molar-refractivity contribution < 1.29 is 9.90 Å². The monoisotopic (exact) mass is 226 g/mol. The maximum atomic E-state index is 11.2. The van der Waals surface area contributed by atoms with Gasteiger partial charge in [0.15, 0.2) is 0 Å². The number of hydrogen-bond acceptors (Lipinski definition) is 3. The molecule has 1 N–H and O–H groups in total. The smallest absolute Gasteiger partial charge is 0.321 e. The lowest BCUT2D eigenvalue weighted by atomic mass is 10.0. The van der Waals surface area contributed by atoms with Gasteiger partial charge in [0.05, 0.1) is 0 Å². The van der Waals surface area contributed by atoms with Gasteiger partial charge in [0, 0.05) is 32.2 Å². The highest BCUT2D eigenvalue weighted by molar-refractivity contribution is 5.73. The van der Waals surface area contributed by atoms with E-state index in [4.69, 9.17) is 0 Å². The van der Waals surface area contributed by atoms with E-state index in [1.54, 1.807) is 0 Å². The van der Waals surface area contributed by atoms with Gasteiger partial charge < -0.3 is 5.11 Å². The van der Waals surface area contributed by atoms with Gasteiger partial charge in [-0.25, -0.2) is 0 Å². The standard InChI is InChI=1S/C12H22N2O2/c1-9(2)11(12(15)16)14-7-5-13(6-8-14)10-3-4-10/h9-11H,3-8H2,1-2H3,(H,15,16). The molecule has 4 nitrogen and oxygen atoms in total. The lowest BCUT2D eigenvalue weighted by Crippen LogP contribution is -2.54. The molecule has 0 bridgehead atoms. The van der Waals surface area contributed by atoms with Crippen LogP contribution in [0.4, 0.5) is 0 Å². The van der Waals surface area contributed by atoms with E-state index in [1.165, 1.54) is 12.8 Å². The lowest BCUT2D eigenvalue weighted by Gasteiger charge is -2.39. The van der Waals surface area contributed by atoms with Crippen LogP contribution in [0.25, 0.3) is 0 Å². The molecule has 0 aromatic carbocycles. The molecule has 1 heterocycles. The van der Waals surface area contributed by atoms with Crippen LogP contribution < -0.4 is 0 Å². The number of nitrogens with zero attached hydrogens (tertiary/aromatic N) is 2. The van der Waals surface area contributed by atoms with E-state index in [0.29, 0.717) is 0 Å². The fourth-order valence-corrected chi connectivity index (χ4v) is 2.68. The zero-order valence-corrected chi connectivity index (χ0v) is 10.2. The quantitative estimate of drug-likeness (QED) is 0.772. The van der Waals surface area contributed by atoms with E-state index < -0.39 is 5.97 Å². The van der Waals surface area contributed by atoms with Crippen LogP contribution in [0, 0.1) is 5.92 Å². The summed E-state index contributed by atoms with van der Waals surface area (Å²) in [6, 6.07) is 0.505. The average molecular weight is 226 g/mol. The zero-order valence-electron chi connectivity index (χ0n) is 10.2. The van der Waals surface area contributed by atoms with Gasteiger partial charge in [0.1, 0.15) is 6.04 Å². The normalized spacial score (nSPS) is 25.9. The van der Waals surface area contributed by atoms with E-state index in [1.807, 2.05) is 13.8 Å². The summed E-state index contributed by atoms with van der Waals surface area (Å²) in [4.78, 5) is 15.9. The average Bonchev–Trinajstić information content (AvgIpc) is 3.01. The van der Waals surface area contributed by atoms with Gasteiger partial charge >= 0.3 is 5.97 Å². The van der Waals surface area contributed by atoms with E-state index >= 15 is 0 Å². The Bertz CT molecular complexity index is 256. The Morgan fingerprint density at radius 2 is 1.75 bits per heavy atom. The Morgan fingerprint density at radius 1 is 1.19 bits per heavy atom. The van der Waals surface area contributed by atoms with Crippen LogP contribution in [0.3, 0.4) is 0 Å². The van der Waals surface area contributed by atoms with Crippen LogP contribution in [0.15, 0.2) is 0 Å². The molecule has 0 amide bonds. The molecular weight excluding hydrogens is 204 g/mol. The molecule has 16 heavy (non-hydrogen) atoms. The van der Waals surface area contributed by atoms with Crippen molar-refractivity contribution in [1.82, 2.24) is 9.80 Å². The molecule has 2 aliphatic rings. The largest absolute Gasteiger partial charge is 0.480 e. The van der Waals surface area contributed by atoms with E-state index in [2.05, 4.69) is 9.80 Å².